The van der Waals surface area contributed by atoms with Crippen LogP contribution in [-0.4, -0.2) is 25.0 Å². The number of nitrogens with zero attached hydrogens (tertiary/aromatic N) is 1. The third-order valence-corrected chi connectivity index (χ3v) is 4.12. The van der Waals surface area contributed by atoms with Crippen LogP contribution in [0.2, 0.25) is 0 Å². The molecule has 1 heterocycles. The van der Waals surface area contributed by atoms with Gasteiger partial charge >= 0.3 is 5.97 Å². The average molecular weight is 339 g/mol. The Hall–Kier alpha value is -2.82. The van der Waals surface area contributed by atoms with Gasteiger partial charge < -0.3 is 14.4 Å². The van der Waals surface area contributed by atoms with Crippen LogP contribution in [0.15, 0.2) is 48.5 Å². The molecule has 1 aliphatic heterocycles. The van der Waals surface area contributed by atoms with Crippen LogP contribution in [0.1, 0.15) is 35.7 Å². The van der Waals surface area contributed by atoms with Crippen molar-refractivity contribution >= 4 is 17.6 Å². The molecule has 0 atom stereocenters. The summed E-state index contributed by atoms with van der Waals surface area (Å²) in [4.78, 5) is 26.2. The second-order valence-electron chi connectivity index (χ2n) is 5.78. The molecule has 130 valence electrons. The molecule has 25 heavy (non-hydrogen) atoms. The van der Waals surface area contributed by atoms with Crippen LogP contribution in [0, 0.1) is 0 Å². The molecule has 2 aromatic rings. The predicted octanol–water partition coefficient (Wildman–Crippen LogP) is 3.57. The normalized spacial score (nSPS) is 13.8. The topological polar surface area (TPSA) is 55.8 Å². The summed E-state index contributed by atoms with van der Waals surface area (Å²) in [5.74, 6) is 0.310. The molecule has 3 rings (SSSR count). The van der Waals surface area contributed by atoms with Crippen LogP contribution >= 0.6 is 0 Å². The van der Waals surface area contributed by atoms with Crippen molar-refractivity contribution in [2.45, 2.75) is 26.4 Å². The fourth-order valence-electron chi connectivity index (χ4n) is 2.92. The predicted molar refractivity (Wildman–Crippen MR) is 94.8 cm³/mol. The number of hydrogen-bond acceptors (Lipinski definition) is 4. The Balaban J connectivity index is 1.75. The Labute approximate surface area is 147 Å². The first-order chi connectivity index (χ1) is 12.2. The fourth-order valence-corrected chi connectivity index (χ4v) is 2.92. The van der Waals surface area contributed by atoms with Crippen LogP contribution in [0.5, 0.6) is 5.75 Å². The maximum absolute atomic E-state index is 12.6. The van der Waals surface area contributed by atoms with E-state index in [1.54, 1.807) is 23.1 Å². The quantitative estimate of drug-likeness (QED) is 0.755. The summed E-state index contributed by atoms with van der Waals surface area (Å²) in [6, 6.07) is 14.5. The van der Waals surface area contributed by atoms with E-state index in [0.717, 1.165) is 12.0 Å². The van der Waals surface area contributed by atoms with Crippen molar-refractivity contribution in [2.75, 3.05) is 18.1 Å². The van der Waals surface area contributed by atoms with Gasteiger partial charge in [0.1, 0.15) is 12.4 Å². The largest absolute Gasteiger partial charge is 0.493 e. The monoisotopic (exact) mass is 339 g/mol. The second-order valence-corrected chi connectivity index (χ2v) is 5.78. The maximum atomic E-state index is 12.6. The molecule has 0 unspecified atom stereocenters. The van der Waals surface area contributed by atoms with E-state index in [0.29, 0.717) is 36.6 Å². The Morgan fingerprint density at radius 2 is 1.88 bits per heavy atom. The van der Waals surface area contributed by atoms with Gasteiger partial charge in [0.15, 0.2) is 0 Å². The van der Waals surface area contributed by atoms with Crippen molar-refractivity contribution in [1.29, 1.82) is 0 Å². The van der Waals surface area contributed by atoms with Crippen molar-refractivity contribution in [2.24, 2.45) is 0 Å². The molecule has 1 fully saturated rings. The lowest BCUT2D eigenvalue weighted by molar-refractivity contribution is -0.117. The van der Waals surface area contributed by atoms with Gasteiger partial charge in [0, 0.05) is 18.5 Å². The van der Waals surface area contributed by atoms with Gasteiger partial charge in [-0.3, -0.25) is 4.79 Å². The summed E-state index contributed by atoms with van der Waals surface area (Å²) in [7, 11) is 0. The first-order valence-electron chi connectivity index (χ1n) is 8.48. The van der Waals surface area contributed by atoms with E-state index in [9.17, 15) is 9.59 Å². The minimum atomic E-state index is -0.443. The Morgan fingerprint density at radius 1 is 1.12 bits per heavy atom. The van der Waals surface area contributed by atoms with Crippen LogP contribution < -0.4 is 9.64 Å². The van der Waals surface area contributed by atoms with E-state index in [2.05, 4.69) is 0 Å². The van der Waals surface area contributed by atoms with Gasteiger partial charge in [-0.1, -0.05) is 30.3 Å². The number of para-hydroxylation sites is 2. The van der Waals surface area contributed by atoms with Gasteiger partial charge in [-0.15, -0.1) is 0 Å². The van der Waals surface area contributed by atoms with Crippen LogP contribution in [-0.2, 0) is 16.1 Å². The zero-order valence-corrected chi connectivity index (χ0v) is 14.2. The lowest BCUT2D eigenvalue weighted by atomic mass is 10.1. The Morgan fingerprint density at radius 3 is 2.64 bits per heavy atom. The number of amides is 1. The van der Waals surface area contributed by atoms with Crippen molar-refractivity contribution in [3.8, 4) is 5.75 Å². The van der Waals surface area contributed by atoms with Crippen LogP contribution in [0.25, 0.3) is 0 Å². The van der Waals surface area contributed by atoms with Crippen molar-refractivity contribution in [1.82, 2.24) is 0 Å². The van der Waals surface area contributed by atoms with E-state index in [4.69, 9.17) is 9.47 Å². The molecule has 0 N–H and O–H groups in total. The van der Waals surface area contributed by atoms with E-state index in [1.165, 1.54) is 0 Å². The van der Waals surface area contributed by atoms with Gasteiger partial charge in [0.25, 0.3) is 0 Å². The molecular weight excluding hydrogens is 318 g/mol. The molecule has 5 heteroatoms. The number of rotatable bonds is 6. The smallest absolute Gasteiger partial charge is 0.340 e. The summed E-state index contributed by atoms with van der Waals surface area (Å²) in [5, 5.41) is 0. The number of hydrogen-bond donors (Lipinski definition) is 0. The van der Waals surface area contributed by atoms with E-state index < -0.39 is 5.97 Å². The van der Waals surface area contributed by atoms with Crippen molar-refractivity contribution in [3.05, 3.63) is 59.7 Å². The average Bonchev–Trinajstić information content (AvgIpc) is 3.07. The Bertz CT molecular complexity index is 772. The SMILES string of the molecule is CCOc1ccccc1COC(=O)c1ccccc1N1CCCC1=O. The van der Waals surface area contributed by atoms with Gasteiger partial charge in [0.2, 0.25) is 5.91 Å². The molecule has 1 saturated heterocycles. The molecule has 0 aliphatic carbocycles. The highest BCUT2D eigenvalue weighted by Crippen LogP contribution is 2.27. The third-order valence-electron chi connectivity index (χ3n) is 4.12. The molecule has 0 aromatic heterocycles. The van der Waals surface area contributed by atoms with E-state index in [-0.39, 0.29) is 12.5 Å². The maximum Gasteiger partial charge on any atom is 0.340 e. The zero-order valence-electron chi connectivity index (χ0n) is 14.2. The first kappa shape index (κ1) is 17.0. The van der Waals surface area contributed by atoms with Gasteiger partial charge in [0.05, 0.1) is 17.9 Å². The summed E-state index contributed by atoms with van der Waals surface area (Å²) in [6.45, 7) is 3.21. The molecule has 1 amide bonds. The van der Waals surface area contributed by atoms with Gasteiger partial charge in [-0.2, -0.15) is 0 Å². The number of ether oxygens (including phenoxy) is 2. The summed E-state index contributed by atoms with van der Waals surface area (Å²) in [6.07, 6.45) is 1.33. The summed E-state index contributed by atoms with van der Waals surface area (Å²) >= 11 is 0. The number of carbonyl (C=O) groups excluding carboxylic acids is 2. The zero-order chi connectivity index (χ0) is 17.6. The van der Waals surface area contributed by atoms with Crippen LogP contribution in [0.4, 0.5) is 5.69 Å². The number of esters is 1. The molecular formula is C20H21NO4. The fraction of sp³-hybridized carbons (Fsp3) is 0.300. The molecule has 2 aromatic carbocycles. The third kappa shape index (κ3) is 3.82. The van der Waals surface area contributed by atoms with Crippen molar-refractivity contribution in [3.63, 3.8) is 0 Å². The van der Waals surface area contributed by atoms with E-state index >= 15 is 0 Å². The number of benzene rings is 2. The highest BCUT2D eigenvalue weighted by Gasteiger charge is 2.26. The van der Waals surface area contributed by atoms with E-state index in [1.807, 2.05) is 37.3 Å². The molecule has 5 nitrogen and oxygen atoms in total. The molecule has 0 bridgehead atoms. The second kappa shape index (κ2) is 7.83. The molecule has 0 saturated carbocycles. The van der Waals surface area contributed by atoms with Crippen molar-refractivity contribution < 1.29 is 19.1 Å². The lowest BCUT2D eigenvalue weighted by Gasteiger charge is -2.19. The lowest BCUT2D eigenvalue weighted by Crippen LogP contribution is -2.26. The highest BCUT2D eigenvalue weighted by molar-refractivity contribution is 6.03. The van der Waals surface area contributed by atoms with Gasteiger partial charge in [-0.05, 0) is 31.5 Å². The minimum Gasteiger partial charge on any atom is -0.493 e. The molecule has 0 spiro atoms. The first-order valence-corrected chi connectivity index (χ1v) is 8.48. The highest BCUT2D eigenvalue weighted by atomic mass is 16.5. The standard InChI is InChI=1S/C20H21NO4/c1-2-24-18-11-6-3-8-15(18)14-25-20(23)16-9-4-5-10-17(16)21-13-7-12-19(21)22/h3-6,8-11H,2,7,12-14H2,1H3. The van der Waals surface area contributed by atoms with Crippen LogP contribution in [0.3, 0.4) is 0 Å². The number of anilines is 1. The van der Waals surface area contributed by atoms with Gasteiger partial charge in [-0.25, -0.2) is 4.79 Å². The summed E-state index contributed by atoms with van der Waals surface area (Å²) in [5.41, 5.74) is 1.84. The minimum absolute atomic E-state index is 0.0435. The Kier molecular flexibility index (Phi) is 5.33. The molecule has 1 aliphatic rings. The number of carbonyl (C=O) groups is 2. The molecule has 0 radical (unpaired) electrons. The summed E-state index contributed by atoms with van der Waals surface area (Å²) < 4.78 is 11.0.